The van der Waals surface area contributed by atoms with Gasteiger partial charge in [0, 0.05) is 17.9 Å². The molecule has 0 radical (unpaired) electrons. The van der Waals surface area contributed by atoms with Crippen LogP contribution in [0.5, 0.6) is 0 Å². The zero-order valence-electron chi connectivity index (χ0n) is 13.0. The molecule has 0 spiro atoms. The first-order valence-corrected chi connectivity index (χ1v) is 7.46. The van der Waals surface area contributed by atoms with Gasteiger partial charge in [0.1, 0.15) is 0 Å². The summed E-state index contributed by atoms with van der Waals surface area (Å²) in [7, 11) is 0. The maximum atomic E-state index is 12.2. The molecule has 1 aliphatic rings. The lowest BCUT2D eigenvalue weighted by molar-refractivity contribution is -0.126. The first kappa shape index (κ1) is 15.0. The fraction of sp³-hybridized carbons (Fsp3) is 0.588. The molecule has 1 fully saturated rings. The summed E-state index contributed by atoms with van der Waals surface area (Å²) in [5.74, 6) is 0.777. The van der Waals surface area contributed by atoms with Crippen molar-refractivity contribution in [2.75, 3.05) is 19.6 Å². The number of carbonyl (C=O) groups excluding carboxylic acids is 1. The standard InChI is InChI=1S/C17H26N2O/c1-12-6-5-7-15(8-12)17(3,4)11-19-16(20)13(2)14-9-18-10-14/h5-8,13-14,18H,9-11H2,1-4H3,(H,19,20). The molecule has 1 amide bonds. The lowest BCUT2D eigenvalue weighted by atomic mass is 9.83. The smallest absolute Gasteiger partial charge is 0.223 e. The summed E-state index contributed by atoms with van der Waals surface area (Å²) >= 11 is 0. The van der Waals surface area contributed by atoms with E-state index in [2.05, 4.69) is 55.7 Å². The Morgan fingerprint density at radius 2 is 2.15 bits per heavy atom. The molecule has 0 bridgehead atoms. The number of amides is 1. The Morgan fingerprint density at radius 1 is 1.45 bits per heavy atom. The molecule has 1 unspecified atom stereocenters. The normalized spacial score (nSPS) is 17.4. The first-order chi connectivity index (χ1) is 9.40. The Hall–Kier alpha value is -1.35. The topological polar surface area (TPSA) is 41.1 Å². The van der Waals surface area contributed by atoms with Crippen LogP contribution in [0.25, 0.3) is 0 Å². The quantitative estimate of drug-likeness (QED) is 0.864. The maximum absolute atomic E-state index is 12.2. The van der Waals surface area contributed by atoms with E-state index in [1.165, 1.54) is 11.1 Å². The van der Waals surface area contributed by atoms with Gasteiger partial charge in [0.2, 0.25) is 5.91 Å². The number of carbonyl (C=O) groups is 1. The van der Waals surface area contributed by atoms with Crippen molar-refractivity contribution in [1.29, 1.82) is 0 Å². The predicted molar refractivity (Wildman–Crippen MR) is 82.7 cm³/mol. The van der Waals surface area contributed by atoms with Crippen LogP contribution in [0.1, 0.15) is 31.9 Å². The van der Waals surface area contributed by atoms with Gasteiger partial charge in [-0.2, -0.15) is 0 Å². The summed E-state index contributed by atoms with van der Waals surface area (Å²) in [4.78, 5) is 12.2. The summed E-state index contributed by atoms with van der Waals surface area (Å²) in [5, 5.41) is 6.34. The average Bonchev–Trinajstić information content (AvgIpc) is 2.34. The highest BCUT2D eigenvalue weighted by Gasteiger charge is 2.30. The molecule has 3 heteroatoms. The number of hydrogen-bond donors (Lipinski definition) is 2. The van der Waals surface area contributed by atoms with Gasteiger partial charge in [0.25, 0.3) is 0 Å². The van der Waals surface area contributed by atoms with Crippen molar-refractivity contribution < 1.29 is 4.79 Å². The summed E-state index contributed by atoms with van der Waals surface area (Å²) in [6.07, 6.45) is 0. The minimum atomic E-state index is -0.0424. The van der Waals surface area contributed by atoms with E-state index in [4.69, 9.17) is 0 Å². The van der Waals surface area contributed by atoms with Crippen LogP contribution in [0.3, 0.4) is 0 Å². The largest absolute Gasteiger partial charge is 0.355 e. The van der Waals surface area contributed by atoms with Crippen LogP contribution in [0, 0.1) is 18.8 Å². The molecular weight excluding hydrogens is 248 g/mol. The van der Waals surface area contributed by atoms with Crippen LogP contribution in [0.2, 0.25) is 0 Å². The van der Waals surface area contributed by atoms with E-state index in [0.29, 0.717) is 12.5 Å². The average molecular weight is 274 g/mol. The van der Waals surface area contributed by atoms with Crippen LogP contribution in [0.15, 0.2) is 24.3 Å². The minimum absolute atomic E-state index is 0.0424. The van der Waals surface area contributed by atoms with Gasteiger partial charge in [-0.3, -0.25) is 4.79 Å². The summed E-state index contributed by atoms with van der Waals surface area (Å²) in [5.41, 5.74) is 2.49. The van der Waals surface area contributed by atoms with Gasteiger partial charge in [-0.25, -0.2) is 0 Å². The Balaban J connectivity index is 1.93. The molecule has 2 N–H and O–H groups in total. The lowest BCUT2D eigenvalue weighted by Gasteiger charge is -2.33. The Kier molecular flexibility index (Phi) is 4.48. The molecule has 1 aromatic carbocycles. The highest BCUT2D eigenvalue weighted by Crippen LogP contribution is 2.23. The van der Waals surface area contributed by atoms with Crippen molar-refractivity contribution in [3.05, 3.63) is 35.4 Å². The predicted octanol–water partition coefficient (Wildman–Crippen LogP) is 2.24. The van der Waals surface area contributed by atoms with E-state index >= 15 is 0 Å². The van der Waals surface area contributed by atoms with Gasteiger partial charge in [-0.1, -0.05) is 50.6 Å². The molecule has 2 rings (SSSR count). The molecule has 1 saturated heterocycles. The Labute approximate surface area is 122 Å². The van der Waals surface area contributed by atoms with Crippen molar-refractivity contribution in [2.24, 2.45) is 11.8 Å². The summed E-state index contributed by atoms with van der Waals surface area (Å²) < 4.78 is 0. The molecular formula is C17H26N2O. The molecule has 1 atom stereocenters. The maximum Gasteiger partial charge on any atom is 0.223 e. The summed E-state index contributed by atoms with van der Waals surface area (Å²) in [6, 6.07) is 8.52. The van der Waals surface area contributed by atoms with E-state index in [9.17, 15) is 4.79 Å². The third-order valence-electron chi connectivity index (χ3n) is 4.44. The van der Waals surface area contributed by atoms with Gasteiger partial charge >= 0.3 is 0 Å². The van der Waals surface area contributed by atoms with Crippen molar-refractivity contribution >= 4 is 5.91 Å². The lowest BCUT2D eigenvalue weighted by Crippen LogP contribution is -2.50. The number of hydrogen-bond acceptors (Lipinski definition) is 2. The number of rotatable bonds is 5. The molecule has 1 aromatic rings. The van der Waals surface area contributed by atoms with Crippen molar-refractivity contribution in [2.45, 2.75) is 33.1 Å². The highest BCUT2D eigenvalue weighted by atomic mass is 16.1. The van der Waals surface area contributed by atoms with Crippen molar-refractivity contribution in [3.8, 4) is 0 Å². The van der Waals surface area contributed by atoms with Crippen LogP contribution in [-0.4, -0.2) is 25.5 Å². The highest BCUT2D eigenvalue weighted by molar-refractivity contribution is 5.78. The van der Waals surface area contributed by atoms with Crippen molar-refractivity contribution in [3.63, 3.8) is 0 Å². The van der Waals surface area contributed by atoms with E-state index in [1.807, 2.05) is 6.92 Å². The second-order valence-corrected chi connectivity index (χ2v) is 6.68. The minimum Gasteiger partial charge on any atom is -0.355 e. The second-order valence-electron chi connectivity index (χ2n) is 6.68. The van der Waals surface area contributed by atoms with Crippen molar-refractivity contribution in [1.82, 2.24) is 10.6 Å². The molecule has 0 aromatic heterocycles. The van der Waals surface area contributed by atoms with Gasteiger partial charge < -0.3 is 10.6 Å². The van der Waals surface area contributed by atoms with E-state index in [1.54, 1.807) is 0 Å². The molecule has 3 nitrogen and oxygen atoms in total. The Morgan fingerprint density at radius 3 is 2.70 bits per heavy atom. The third-order valence-corrected chi connectivity index (χ3v) is 4.44. The number of aryl methyl sites for hydroxylation is 1. The van der Waals surface area contributed by atoms with Crippen LogP contribution >= 0.6 is 0 Å². The van der Waals surface area contributed by atoms with E-state index in [-0.39, 0.29) is 17.2 Å². The second kappa shape index (κ2) is 5.96. The number of benzene rings is 1. The molecule has 0 saturated carbocycles. The van der Waals surface area contributed by atoms with Gasteiger partial charge in [0.05, 0.1) is 0 Å². The summed E-state index contributed by atoms with van der Waals surface area (Å²) in [6.45, 7) is 11.1. The van der Waals surface area contributed by atoms with Crippen LogP contribution in [0.4, 0.5) is 0 Å². The van der Waals surface area contributed by atoms with Gasteiger partial charge in [0.15, 0.2) is 0 Å². The molecule has 110 valence electrons. The van der Waals surface area contributed by atoms with Gasteiger partial charge in [-0.15, -0.1) is 0 Å². The van der Waals surface area contributed by atoms with E-state index < -0.39 is 0 Å². The zero-order chi connectivity index (χ0) is 14.8. The Bertz CT molecular complexity index is 478. The van der Waals surface area contributed by atoms with Crippen LogP contribution < -0.4 is 10.6 Å². The number of nitrogens with one attached hydrogen (secondary N) is 2. The zero-order valence-corrected chi connectivity index (χ0v) is 13.0. The molecule has 20 heavy (non-hydrogen) atoms. The monoisotopic (exact) mass is 274 g/mol. The van der Waals surface area contributed by atoms with Crippen LogP contribution in [-0.2, 0) is 10.2 Å². The first-order valence-electron chi connectivity index (χ1n) is 7.46. The fourth-order valence-electron chi connectivity index (χ4n) is 2.52. The van der Waals surface area contributed by atoms with Gasteiger partial charge in [-0.05, 0) is 31.5 Å². The fourth-order valence-corrected chi connectivity index (χ4v) is 2.52. The van der Waals surface area contributed by atoms with E-state index in [0.717, 1.165) is 13.1 Å². The third kappa shape index (κ3) is 3.40. The molecule has 0 aliphatic carbocycles. The molecule has 1 heterocycles. The molecule has 1 aliphatic heterocycles. The SMILES string of the molecule is Cc1cccc(C(C)(C)CNC(=O)C(C)C2CNC2)c1.